The second-order valence-electron chi connectivity index (χ2n) is 3.81. The van der Waals surface area contributed by atoms with Gasteiger partial charge in [-0.3, -0.25) is 14.9 Å². The van der Waals surface area contributed by atoms with Gasteiger partial charge in [-0.05, 0) is 34.5 Å². The summed E-state index contributed by atoms with van der Waals surface area (Å²) in [4.78, 5) is 21.8. The normalized spacial score (nSPS) is 11.9. The Labute approximate surface area is 113 Å². The summed E-state index contributed by atoms with van der Waals surface area (Å²) in [5, 5.41) is 13.2. The Bertz CT molecular complexity index is 465. The maximum Gasteiger partial charge on any atom is 0.283 e. The van der Waals surface area contributed by atoms with Crippen molar-refractivity contribution in [3.63, 3.8) is 0 Å². The zero-order valence-corrected chi connectivity index (χ0v) is 11.4. The second-order valence-corrected chi connectivity index (χ2v) is 4.66. The van der Waals surface area contributed by atoms with E-state index in [4.69, 9.17) is 5.73 Å². The highest BCUT2D eigenvalue weighted by atomic mass is 79.9. The van der Waals surface area contributed by atoms with Crippen molar-refractivity contribution >= 4 is 33.2 Å². The Morgan fingerprint density at radius 2 is 2.28 bits per heavy atom. The molecule has 0 aliphatic heterocycles. The molecule has 1 amide bonds. The SMILES string of the molecule is CCCC(N)C(=O)Nc1ccc([N+](=O)[O-])c(Br)c1. The molecule has 1 rings (SSSR count). The van der Waals surface area contributed by atoms with Gasteiger partial charge in [0.05, 0.1) is 15.4 Å². The zero-order chi connectivity index (χ0) is 13.7. The van der Waals surface area contributed by atoms with Crippen molar-refractivity contribution in [2.24, 2.45) is 5.73 Å². The molecule has 1 aromatic carbocycles. The lowest BCUT2D eigenvalue weighted by Crippen LogP contribution is -2.35. The van der Waals surface area contributed by atoms with Crippen LogP contribution in [0, 0.1) is 10.1 Å². The Morgan fingerprint density at radius 1 is 1.61 bits per heavy atom. The predicted octanol–water partition coefficient (Wildman–Crippen LogP) is 2.42. The Balaban J connectivity index is 2.77. The molecule has 0 heterocycles. The van der Waals surface area contributed by atoms with Crippen LogP contribution >= 0.6 is 15.9 Å². The molecule has 0 saturated carbocycles. The zero-order valence-electron chi connectivity index (χ0n) is 9.85. The van der Waals surface area contributed by atoms with Crippen LogP contribution in [0.1, 0.15) is 19.8 Å². The van der Waals surface area contributed by atoms with Crippen molar-refractivity contribution < 1.29 is 9.72 Å². The van der Waals surface area contributed by atoms with Gasteiger partial charge in [0.2, 0.25) is 5.91 Å². The molecule has 3 N–H and O–H groups in total. The summed E-state index contributed by atoms with van der Waals surface area (Å²) in [6.45, 7) is 1.94. The van der Waals surface area contributed by atoms with Crippen LogP contribution in [0.25, 0.3) is 0 Å². The maximum absolute atomic E-state index is 11.6. The van der Waals surface area contributed by atoms with Crippen LogP contribution in [-0.2, 0) is 4.79 Å². The first-order valence-corrected chi connectivity index (χ1v) is 6.25. The number of nitro benzene ring substituents is 1. The van der Waals surface area contributed by atoms with Crippen LogP contribution in [-0.4, -0.2) is 16.9 Å². The molecular formula is C11H14BrN3O3. The van der Waals surface area contributed by atoms with E-state index in [1.807, 2.05) is 6.92 Å². The van der Waals surface area contributed by atoms with Crippen LogP contribution < -0.4 is 11.1 Å². The van der Waals surface area contributed by atoms with Crippen molar-refractivity contribution in [3.05, 3.63) is 32.8 Å². The monoisotopic (exact) mass is 315 g/mol. The van der Waals surface area contributed by atoms with Crippen molar-refractivity contribution in [1.82, 2.24) is 0 Å². The summed E-state index contributed by atoms with van der Waals surface area (Å²) in [6.07, 6.45) is 1.42. The molecular weight excluding hydrogens is 302 g/mol. The molecule has 98 valence electrons. The number of benzene rings is 1. The van der Waals surface area contributed by atoms with Crippen molar-refractivity contribution in [2.45, 2.75) is 25.8 Å². The third kappa shape index (κ3) is 3.78. The van der Waals surface area contributed by atoms with Gasteiger partial charge in [-0.2, -0.15) is 0 Å². The number of halogens is 1. The topological polar surface area (TPSA) is 98.3 Å². The lowest BCUT2D eigenvalue weighted by molar-refractivity contribution is -0.385. The Kier molecular flexibility index (Phi) is 5.24. The highest BCUT2D eigenvalue weighted by Crippen LogP contribution is 2.27. The summed E-state index contributed by atoms with van der Waals surface area (Å²) >= 11 is 3.08. The number of anilines is 1. The molecule has 1 atom stereocenters. The summed E-state index contributed by atoms with van der Waals surface area (Å²) < 4.78 is 0.314. The molecule has 0 aliphatic carbocycles. The second kappa shape index (κ2) is 6.46. The molecule has 0 bridgehead atoms. The average molecular weight is 316 g/mol. The van der Waals surface area contributed by atoms with Gasteiger partial charge >= 0.3 is 0 Å². The molecule has 0 spiro atoms. The van der Waals surface area contributed by atoms with E-state index in [0.717, 1.165) is 6.42 Å². The minimum absolute atomic E-state index is 0.0501. The molecule has 0 aromatic heterocycles. The molecule has 0 fully saturated rings. The third-order valence-corrected chi connectivity index (χ3v) is 2.98. The number of nitrogens with zero attached hydrogens (tertiary/aromatic N) is 1. The van der Waals surface area contributed by atoms with Crippen molar-refractivity contribution in [3.8, 4) is 0 Å². The smallest absolute Gasteiger partial charge is 0.283 e. The average Bonchev–Trinajstić information content (AvgIpc) is 2.28. The summed E-state index contributed by atoms with van der Waals surface area (Å²) in [5.74, 6) is -0.294. The van der Waals surface area contributed by atoms with E-state index in [9.17, 15) is 14.9 Å². The molecule has 0 aliphatic rings. The van der Waals surface area contributed by atoms with E-state index >= 15 is 0 Å². The minimum atomic E-state index is -0.566. The van der Waals surface area contributed by atoms with Gasteiger partial charge in [0.25, 0.3) is 5.69 Å². The Hall–Kier alpha value is -1.47. The van der Waals surface area contributed by atoms with E-state index in [1.165, 1.54) is 18.2 Å². The molecule has 18 heavy (non-hydrogen) atoms. The first kappa shape index (κ1) is 14.6. The van der Waals surface area contributed by atoms with Crippen LogP contribution in [0.5, 0.6) is 0 Å². The number of hydrogen-bond donors (Lipinski definition) is 2. The van der Waals surface area contributed by atoms with E-state index in [1.54, 1.807) is 0 Å². The number of nitrogens with two attached hydrogens (primary N) is 1. The number of rotatable bonds is 5. The van der Waals surface area contributed by atoms with Gasteiger partial charge in [0.1, 0.15) is 0 Å². The first-order valence-electron chi connectivity index (χ1n) is 5.46. The molecule has 1 unspecified atom stereocenters. The highest BCUT2D eigenvalue weighted by Gasteiger charge is 2.15. The molecule has 7 heteroatoms. The van der Waals surface area contributed by atoms with E-state index < -0.39 is 11.0 Å². The van der Waals surface area contributed by atoms with E-state index in [2.05, 4.69) is 21.2 Å². The minimum Gasteiger partial charge on any atom is -0.325 e. The van der Waals surface area contributed by atoms with Crippen LogP contribution in [0.2, 0.25) is 0 Å². The summed E-state index contributed by atoms with van der Waals surface area (Å²) in [7, 11) is 0. The maximum atomic E-state index is 11.6. The van der Waals surface area contributed by atoms with E-state index in [0.29, 0.717) is 16.6 Å². The lowest BCUT2D eigenvalue weighted by Gasteiger charge is -2.11. The fraction of sp³-hybridized carbons (Fsp3) is 0.364. The first-order chi connectivity index (χ1) is 8.45. The van der Waals surface area contributed by atoms with Crippen LogP contribution in [0.3, 0.4) is 0 Å². The van der Waals surface area contributed by atoms with Gasteiger partial charge in [0, 0.05) is 11.8 Å². The number of amides is 1. The van der Waals surface area contributed by atoms with Gasteiger partial charge in [-0.15, -0.1) is 0 Å². The standard InChI is InChI=1S/C11H14BrN3O3/c1-2-3-9(13)11(16)14-7-4-5-10(15(17)18)8(12)6-7/h4-6,9H,2-3,13H2,1H3,(H,14,16). The quantitative estimate of drug-likeness (QED) is 0.644. The fourth-order valence-corrected chi connectivity index (χ4v) is 1.93. The highest BCUT2D eigenvalue weighted by molar-refractivity contribution is 9.10. The van der Waals surface area contributed by atoms with Gasteiger partial charge in [0.15, 0.2) is 0 Å². The number of nitrogens with one attached hydrogen (secondary N) is 1. The molecule has 6 nitrogen and oxygen atoms in total. The summed E-state index contributed by atoms with van der Waals surface area (Å²) in [5.41, 5.74) is 6.09. The third-order valence-electron chi connectivity index (χ3n) is 2.35. The molecule has 0 radical (unpaired) electrons. The van der Waals surface area contributed by atoms with E-state index in [-0.39, 0.29) is 11.6 Å². The van der Waals surface area contributed by atoms with Crippen LogP contribution in [0.4, 0.5) is 11.4 Å². The molecule has 1 aromatic rings. The number of carbonyl (C=O) groups excluding carboxylic acids is 1. The van der Waals surface area contributed by atoms with Crippen molar-refractivity contribution in [1.29, 1.82) is 0 Å². The van der Waals surface area contributed by atoms with Crippen LogP contribution in [0.15, 0.2) is 22.7 Å². The van der Waals surface area contributed by atoms with Crippen molar-refractivity contribution in [2.75, 3.05) is 5.32 Å². The Morgan fingerprint density at radius 3 is 2.78 bits per heavy atom. The molecule has 0 saturated heterocycles. The van der Waals surface area contributed by atoms with Gasteiger partial charge in [-0.1, -0.05) is 13.3 Å². The predicted molar refractivity (Wildman–Crippen MR) is 72.3 cm³/mol. The largest absolute Gasteiger partial charge is 0.325 e. The lowest BCUT2D eigenvalue weighted by atomic mass is 10.1. The van der Waals surface area contributed by atoms with Gasteiger partial charge in [-0.25, -0.2) is 0 Å². The number of carbonyl (C=O) groups is 1. The summed E-state index contributed by atoms with van der Waals surface area (Å²) in [6, 6.07) is 3.71. The number of hydrogen-bond acceptors (Lipinski definition) is 4. The fourth-order valence-electron chi connectivity index (χ4n) is 1.41. The van der Waals surface area contributed by atoms with Gasteiger partial charge < -0.3 is 11.1 Å². The number of nitro groups is 1.